The minimum atomic E-state index is -0.939. The van der Waals surface area contributed by atoms with Gasteiger partial charge in [-0.25, -0.2) is 0 Å². The van der Waals surface area contributed by atoms with E-state index < -0.39 is 5.97 Å². The quantitative estimate of drug-likeness (QED) is 0.763. The Bertz CT molecular complexity index is 500. The van der Waals surface area contributed by atoms with Gasteiger partial charge < -0.3 is 5.11 Å². The summed E-state index contributed by atoms with van der Waals surface area (Å²) in [5, 5.41) is 8.65. The van der Waals surface area contributed by atoms with Gasteiger partial charge in [0.2, 0.25) is 0 Å². The molecule has 3 aliphatic carbocycles. The second-order valence-electron chi connectivity index (χ2n) is 5.33. The fraction of sp³-hybridized carbons (Fsp3) is 0.500. The summed E-state index contributed by atoms with van der Waals surface area (Å²) in [6, 6.07) is 0. The molecule has 0 radical (unpaired) electrons. The van der Waals surface area contributed by atoms with Gasteiger partial charge in [0.25, 0.3) is 0 Å². The van der Waals surface area contributed by atoms with E-state index >= 15 is 0 Å². The van der Waals surface area contributed by atoms with E-state index in [2.05, 4.69) is 0 Å². The Balaban J connectivity index is 1.85. The van der Waals surface area contributed by atoms with Crippen LogP contribution in [0.1, 0.15) is 19.3 Å². The van der Waals surface area contributed by atoms with Crippen LogP contribution < -0.4 is 0 Å². The lowest BCUT2D eigenvalue weighted by atomic mass is 9.71. The molecular weight excluding hydrogens is 232 g/mol. The van der Waals surface area contributed by atoms with E-state index in [4.69, 9.17) is 5.11 Å². The summed E-state index contributed by atoms with van der Waals surface area (Å²) in [6.07, 6.45) is 6.45. The molecule has 0 heterocycles. The Kier molecular flexibility index (Phi) is 2.47. The fourth-order valence-corrected chi connectivity index (χ4v) is 3.56. The Labute approximate surface area is 104 Å². The lowest BCUT2D eigenvalue weighted by molar-refractivity contribution is -0.137. The van der Waals surface area contributed by atoms with Gasteiger partial charge in [-0.3, -0.25) is 14.4 Å². The number of Topliss-reactive ketones (excluding diaryl/α,β-unsaturated/α-hetero) is 1. The first-order valence-electron chi connectivity index (χ1n) is 6.26. The van der Waals surface area contributed by atoms with Crippen LogP contribution in [0.5, 0.6) is 0 Å². The average molecular weight is 246 g/mol. The summed E-state index contributed by atoms with van der Waals surface area (Å²) in [5.41, 5.74) is 0.407. The van der Waals surface area contributed by atoms with Crippen LogP contribution >= 0.6 is 0 Å². The molecule has 0 aromatic heterocycles. The molecule has 0 unspecified atom stereocenters. The van der Waals surface area contributed by atoms with E-state index in [9.17, 15) is 14.4 Å². The highest BCUT2D eigenvalue weighted by molar-refractivity contribution is 6.11. The number of aliphatic carboxylic acids is 1. The van der Waals surface area contributed by atoms with Crippen LogP contribution in [0.2, 0.25) is 0 Å². The van der Waals surface area contributed by atoms with Gasteiger partial charge in [-0.05, 0) is 36.3 Å². The van der Waals surface area contributed by atoms with Gasteiger partial charge in [0, 0.05) is 18.3 Å². The van der Waals surface area contributed by atoms with Crippen molar-refractivity contribution < 1.29 is 19.5 Å². The van der Waals surface area contributed by atoms with Gasteiger partial charge in [0.15, 0.2) is 11.6 Å². The second kappa shape index (κ2) is 3.90. The third-order valence-corrected chi connectivity index (χ3v) is 4.33. The smallest absolute Gasteiger partial charge is 0.303 e. The first kappa shape index (κ1) is 11.4. The summed E-state index contributed by atoms with van der Waals surface area (Å²) in [6.45, 7) is 0. The Morgan fingerprint density at radius 1 is 1.22 bits per heavy atom. The van der Waals surface area contributed by atoms with Crippen molar-refractivity contribution in [2.75, 3.05) is 0 Å². The minimum Gasteiger partial charge on any atom is -0.481 e. The van der Waals surface area contributed by atoms with Crippen LogP contribution in [0.15, 0.2) is 23.8 Å². The number of rotatable bonds is 3. The third-order valence-electron chi connectivity index (χ3n) is 4.33. The van der Waals surface area contributed by atoms with E-state index in [-0.39, 0.29) is 48.1 Å². The van der Waals surface area contributed by atoms with Crippen molar-refractivity contribution in [3.8, 4) is 0 Å². The number of hydrogen-bond acceptors (Lipinski definition) is 3. The van der Waals surface area contributed by atoms with Gasteiger partial charge in [0.05, 0.1) is 0 Å². The minimum absolute atomic E-state index is 0.00213. The second-order valence-corrected chi connectivity index (χ2v) is 5.33. The number of allylic oxidation sites excluding steroid dienone is 4. The van der Waals surface area contributed by atoms with Gasteiger partial charge in [-0.2, -0.15) is 0 Å². The van der Waals surface area contributed by atoms with E-state index in [1.807, 2.05) is 12.2 Å². The van der Waals surface area contributed by atoms with Crippen molar-refractivity contribution in [3.63, 3.8) is 0 Å². The van der Waals surface area contributed by atoms with Crippen LogP contribution in [0.3, 0.4) is 0 Å². The highest BCUT2D eigenvalue weighted by Crippen LogP contribution is 2.51. The van der Waals surface area contributed by atoms with Crippen LogP contribution in [0.25, 0.3) is 0 Å². The molecule has 1 saturated carbocycles. The highest BCUT2D eigenvalue weighted by Gasteiger charge is 2.52. The number of ketones is 2. The van der Waals surface area contributed by atoms with Gasteiger partial charge in [-0.1, -0.05) is 12.2 Å². The van der Waals surface area contributed by atoms with Gasteiger partial charge >= 0.3 is 5.97 Å². The molecule has 0 spiro atoms. The van der Waals surface area contributed by atoms with Crippen LogP contribution in [-0.2, 0) is 14.4 Å². The van der Waals surface area contributed by atoms with Crippen molar-refractivity contribution >= 4 is 17.5 Å². The number of carboxylic acid groups (broad SMARTS) is 1. The molecule has 0 amide bonds. The summed E-state index contributed by atoms with van der Waals surface area (Å²) in [7, 11) is 0. The molecule has 3 rings (SSSR count). The lowest BCUT2D eigenvalue weighted by Gasteiger charge is -2.29. The molecule has 1 fully saturated rings. The van der Waals surface area contributed by atoms with Crippen molar-refractivity contribution in [3.05, 3.63) is 23.8 Å². The zero-order valence-electron chi connectivity index (χ0n) is 9.83. The van der Waals surface area contributed by atoms with Crippen molar-refractivity contribution in [1.29, 1.82) is 0 Å². The van der Waals surface area contributed by atoms with Crippen LogP contribution in [-0.4, -0.2) is 22.6 Å². The maximum Gasteiger partial charge on any atom is 0.303 e. The van der Waals surface area contributed by atoms with Gasteiger partial charge in [0.1, 0.15) is 0 Å². The molecule has 3 aliphatic rings. The molecule has 18 heavy (non-hydrogen) atoms. The largest absolute Gasteiger partial charge is 0.481 e. The zero-order valence-corrected chi connectivity index (χ0v) is 9.83. The normalized spacial score (nSPS) is 36.8. The van der Waals surface area contributed by atoms with E-state index in [1.165, 1.54) is 6.08 Å². The Hall–Kier alpha value is -1.71. The standard InChI is InChI=1S/C14H14O4/c15-10-6-9(3-4-11(16)17)14(18)13-8-2-1-7(5-8)12(10)13/h1-2,6-8,12-13H,3-5H2,(H,16,17)/t7-,8+,12+,13+/m1/s1. The maximum absolute atomic E-state index is 12.3. The van der Waals surface area contributed by atoms with Crippen molar-refractivity contribution in [2.45, 2.75) is 19.3 Å². The number of carboxylic acids is 1. The van der Waals surface area contributed by atoms with Crippen LogP contribution in [0.4, 0.5) is 0 Å². The predicted octanol–water partition coefficient (Wildman–Crippen LogP) is 1.37. The molecule has 4 nitrogen and oxygen atoms in total. The molecule has 0 saturated heterocycles. The molecule has 4 heteroatoms. The monoisotopic (exact) mass is 246 g/mol. The fourth-order valence-electron chi connectivity index (χ4n) is 3.56. The Morgan fingerprint density at radius 2 is 1.89 bits per heavy atom. The molecule has 0 aromatic carbocycles. The molecule has 2 bridgehead atoms. The summed E-state index contributed by atoms with van der Waals surface area (Å²) in [5.74, 6) is -0.929. The summed E-state index contributed by atoms with van der Waals surface area (Å²) >= 11 is 0. The number of fused-ring (bicyclic) bond motifs is 5. The third kappa shape index (κ3) is 1.55. The highest BCUT2D eigenvalue weighted by atomic mass is 16.4. The lowest BCUT2D eigenvalue weighted by Crippen LogP contribution is -2.37. The first-order chi connectivity index (χ1) is 8.58. The van der Waals surface area contributed by atoms with E-state index in [0.717, 1.165) is 6.42 Å². The molecular formula is C14H14O4. The summed E-state index contributed by atoms with van der Waals surface area (Å²) < 4.78 is 0. The van der Waals surface area contributed by atoms with Gasteiger partial charge in [-0.15, -0.1) is 0 Å². The number of hydrogen-bond donors (Lipinski definition) is 1. The van der Waals surface area contributed by atoms with Crippen molar-refractivity contribution in [2.24, 2.45) is 23.7 Å². The Morgan fingerprint density at radius 3 is 2.56 bits per heavy atom. The zero-order chi connectivity index (χ0) is 12.9. The summed E-state index contributed by atoms with van der Waals surface area (Å²) in [4.78, 5) is 34.9. The molecule has 4 atom stereocenters. The molecule has 0 aliphatic heterocycles. The molecule has 0 aromatic rings. The SMILES string of the molecule is O=C(O)CCC1=CC(=O)[C@H]2[C@@H](C1=O)[C@H]1C=C[C@@H]2C1. The molecule has 94 valence electrons. The number of carbonyl (C=O) groups is 3. The number of carbonyl (C=O) groups excluding carboxylic acids is 2. The first-order valence-corrected chi connectivity index (χ1v) is 6.26. The maximum atomic E-state index is 12.3. The predicted molar refractivity (Wildman–Crippen MR) is 62.7 cm³/mol. The average Bonchev–Trinajstić information content (AvgIpc) is 2.92. The van der Waals surface area contributed by atoms with Crippen molar-refractivity contribution in [1.82, 2.24) is 0 Å². The topological polar surface area (TPSA) is 71.4 Å². The molecule has 1 N–H and O–H groups in total. The van der Waals surface area contributed by atoms with E-state index in [0.29, 0.717) is 5.57 Å². The van der Waals surface area contributed by atoms with E-state index in [1.54, 1.807) is 0 Å². The van der Waals surface area contributed by atoms with Crippen LogP contribution in [0, 0.1) is 23.7 Å².